The smallest absolute Gasteiger partial charge is 0.206 e. The topological polar surface area (TPSA) is 34.1 Å². The largest absolute Gasteiger partial charge is 0.217 e. The highest BCUT2D eigenvalue weighted by Gasteiger charge is 2.18. The van der Waals surface area contributed by atoms with Crippen molar-refractivity contribution in [1.82, 2.24) is 0 Å². The van der Waals surface area contributed by atoms with Gasteiger partial charge < -0.3 is 0 Å². The molecule has 0 unspecified atom stereocenters. The molecular weight excluding hydrogens is 336 g/mol. The molecule has 2 aromatic carbocycles. The molecule has 0 atom stereocenters. The van der Waals surface area contributed by atoms with Crippen LogP contribution in [0.3, 0.4) is 0 Å². The van der Waals surface area contributed by atoms with Crippen LogP contribution in [0, 0.1) is 41.5 Å². The van der Waals surface area contributed by atoms with Crippen molar-refractivity contribution in [2.45, 2.75) is 53.0 Å². The van der Waals surface area contributed by atoms with Crippen molar-refractivity contribution in [3.63, 3.8) is 0 Å². The van der Waals surface area contributed by atoms with Crippen molar-refractivity contribution in [2.75, 3.05) is 0 Å². The maximum absolute atomic E-state index is 12.6. The van der Waals surface area contributed by atoms with Crippen LogP contribution in [0.15, 0.2) is 24.3 Å². The van der Waals surface area contributed by atoms with Gasteiger partial charge in [0.15, 0.2) is 0 Å². The highest BCUT2D eigenvalue weighted by molar-refractivity contribution is 8.71. The molecule has 0 saturated heterocycles. The minimum Gasteiger partial charge on any atom is -0.217 e. The third kappa shape index (κ3) is 4.64. The van der Waals surface area contributed by atoms with Gasteiger partial charge >= 0.3 is 0 Å². The zero-order valence-corrected chi connectivity index (χ0v) is 17.0. The average Bonchev–Trinajstić information content (AvgIpc) is 2.41. The van der Waals surface area contributed by atoms with Gasteiger partial charge in [-0.25, -0.2) is 8.42 Å². The van der Waals surface area contributed by atoms with Gasteiger partial charge in [-0.2, -0.15) is 0 Å². The van der Waals surface area contributed by atoms with Crippen LogP contribution >= 0.6 is 10.8 Å². The zero-order valence-electron chi connectivity index (χ0n) is 15.4. The Hall–Kier alpha value is -1.26. The fourth-order valence-corrected chi connectivity index (χ4v) is 6.38. The van der Waals surface area contributed by atoms with Gasteiger partial charge in [-0.3, -0.25) is 0 Å². The molecule has 0 aliphatic rings. The van der Waals surface area contributed by atoms with Gasteiger partial charge in [0.1, 0.15) is 0 Å². The van der Waals surface area contributed by atoms with Crippen molar-refractivity contribution in [1.29, 1.82) is 0 Å². The normalized spacial score (nSPS) is 11.8. The van der Waals surface area contributed by atoms with E-state index < -0.39 is 8.87 Å². The van der Waals surface area contributed by atoms with E-state index in [1.807, 2.05) is 20.8 Å². The van der Waals surface area contributed by atoms with Crippen molar-refractivity contribution in [3.05, 3.63) is 68.8 Å². The van der Waals surface area contributed by atoms with Gasteiger partial charge in [-0.1, -0.05) is 35.4 Å². The first-order valence-corrected chi connectivity index (χ1v) is 11.2. The van der Waals surface area contributed by atoms with Crippen LogP contribution in [0.4, 0.5) is 0 Å². The first-order valence-electron chi connectivity index (χ1n) is 8.09. The Kier molecular flexibility index (Phi) is 5.82. The second-order valence-electron chi connectivity index (χ2n) is 6.72. The summed E-state index contributed by atoms with van der Waals surface area (Å²) < 4.78 is 25.2. The van der Waals surface area contributed by atoms with Crippen molar-refractivity contribution in [3.8, 4) is 0 Å². The van der Waals surface area contributed by atoms with Gasteiger partial charge in [0, 0.05) is 5.75 Å². The average molecular weight is 363 g/mol. The molecule has 4 heteroatoms. The summed E-state index contributed by atoms with van der Waals surface area (Å²) in [6.07, 6.45) is 0. The maximum atomic E-state index is 12.6. The minimum absolute atomic E-state index is 0.0968. The molecule has 0 fully saturated rings. The van der Waals surface area contributed by atoms with Crippen molar-refractivity contribution >= 4 is 19.7 Å². The Bertz CT molecular complexity index is 819. The molecule has 0 aliphatic carbocycles. The molecule has 2 rings (SSSR count). The predicted octanol–water partition coefficient (Wildman–Crippen LogP) is 5.30. The first kappa shape index (κ1) is 19.1. The van der Waals surface area contributed by atoms with Crippen LogP contribution in [0.5, 0.6) is 0 Å². The van der Waals surface area contributed by atoms with E-state index in [0.717, 1.165) is 44.2 Å². The number of hydrogen-bond donors (Lipinski definition) is 0. The van der Waals surface area contributed by atoms with Gasteiger partial charge in [0.05, 0.1) is 5.75 Å². The Balaban J connectivity index is 2.19. The minimum atomic E-state index is -3.22. The van der Waals surface area contributed by atoms with Gasteiger partial charge in [0.2, 0.25) is 8.87 Å². The van der Waals surface area contributed by atoms with E-state index in [4.69, 9.17) is 0 Å². The highest BCUT2D eigenvalue weighted by Crippen LogP contribution is 2.29. The molecule has 130 valence electrons. The lowest BCUT2D eigenvalue weighted by Crippen LogP contribution is -2.05. The summed E-state index contributed by atoms with van der Waals surface area (Å²) >= 11 is 0. The lowest BCUT2D eigenvalue weighted by atomic mass is 10.0. The fraction of sp³-hybridized carbons (Fsp3) is 0.400. The third-order valence-electron chi connectivity index (χ3n) is 4.38. The number of benzene rings is 2. The molecule has 0 N–H and O–H groups in total. The molecule has 0 saturated carbocycles. The molecule has 2 nitrogen and oxygen atoms in total. The SMILES string of the molecule is Cc1cc(C)c(CSS(=O)(=O)Cc2c(C)cc(C)cc2C)c(C)c1. The molecule has 0 radical (unpaired) electrons. The van der Waals surface area contributed by atoms with Crippen LogP contribution in [0.1, 0.15) is 44.5 Å². The number of hydrogen-bond acceptors (Lipinski definition) is 3. The molecular formula is C20H26O2S2. The quantitative estimate of drug-likeness (QED) is 0.677. The summed E-state index contributed by atoms with van der Waals surface area (Å²) in [6, 6.07) is 8.33. The van der Waals surface area contributed by atoms with Crippen LogP contribution in [-0.4, -0.2) is 8.42 Å². The second-order valence-corrected chi connectivity index (χ2v) is 10.9. The van der Waals surface area contributed by atoms with E-state index in [9.17, 15) is 8.42 Å². The Labute approximate surface area is 150 Å². The second kappa shape index (κ2) is 7.32. The molecule has 2 aromatic rings. The molecule has 0 spiro atoms. The number of rotatable bonds is 5. The van der Waals surface area contributed by atoms with E-state index in [2.05, 4.69) is 45.0 Å². The standard InChI is InChI=1S/C20H26O2S2/c1-13-7-15(3)19(16(4)8-13)11-23-24(21,22)12-20-17(5)9-14(2)10-18(20)6/h7-10H,11-12H2,1-6H3. The van der Waals surface area contributed by atoms with Crippen LogP contribution in [0.2, 0.25) is 0 Å². The third-order valence-corrected chi connectivity index (χ3v) is 7.58. The first-order chi connectivity index (χ1) is 11.1. The Morgan fingerprint density at radius 2 is 1.08 bits per heavy atom. The molecule has 0 aromatic heterocycles. The summed E-state index contributed by atoms with van der Waals surface area (Å²) in [4.78, 5) is 0. The van der Waals surface area contributed by atoms with Crippen molar-refractivity contribution in [2.24, 2.45) is 0 Å². The summed E-state index contributed by atoms with van der Waals surface area (Å²) in [6.45, 7) is 12.2. The lowest BCUT2D eigenvalue weighted by molar-refractivity contribution is 0.609. The predicted molar refractivity (Wildman–Crippen MR) is 105 cm³/mol. The fourth-order valence-electron chi connectivity index (χ4n) is 3.24. The van der Waals surface area contributed by atoms with Crippen LogP contribution in [-0.2, 0) is 20.4 Å². The van der Waals surface area contributed by atoms with Gasteiger partial charge in [0.25, 0.3) is 0 Å². The molecule has 0 amide bonds. The molecule has 0 bridgehead atoms. The highest BCUT2D eigenvalue weighted by atomic mass is 33.1. The maximum Gasteiger partial charge on any atom is 0.206 e. The van der Waals surface area contributed by atoms with E-state index in [1.54, 1.807) is 0 Å². The van der Waals surface area contributed by atoms with E-state index in [1.165, 1.54) is 11.1 Å². The van der Waals surface area contributed by atoms with Crippen molar-refractivity contribution < 1.29 is 8.42 Å². The summed E-state index contributed by atoms with van der Waals surface area (Å²) in [5, 5.41) is 0. The van der Waals surface area contributed by atoms with Gasteiger partial charge in [-0.05, 0) is 85.7 Å². The monoisotopic (exact) mass is 362 g/mol. The summed E-state index contributed by atoms with van der Waals surface area (Å²) in [5.41, 5.74) is 8.89. The Morgan fingerprint density at radius 1 is 0.708 bits per heavy atom. The van der Waals surface area contributed by atoms with E-state index in [0.29, 0.717) is 5.75 Å². The van der Waals surface area contributed by atoms with Crippen LogP contribution in [0.25, 0.3) is 0 Å². The molecule has 0 heterocycles. The van der Waals surface area contributed by atoms with Gasteiger partial charge in [-0.15, -0.1) is 0 Å². The van der Waals surface area contributed by atoms with E-state index >= 15 is 0 Å². The summed E-state index contributed by atoms with van der Waals surface area (Å²) in [5.74, 6) is 0.601. The van der Waals surface area contributed by atoms with E-state index in [-0.39, 0.29) is 5.75 Å². The zero-order chi connectivity index (χ0) is 18.1. The molecule has 24 heavy (non-hydrogen) atoms. The summed E-state index contributed by atoms with van der Waals surface area (Å²) in [7, 11) is -2.16. The molecule has 0 aliphatic heterocycles. The lowest BCUT2D eigenvalue weighted by Gasteiger charge is -2.13. The Morgan fingerprint density at radius 3 is 1.50 bits per heavy atom. The van der Waals surface area contributed by atoms with Crippen LogP contribution < -0.4 is 0 Å². The number of aryl methyl sites for hydroxylation is 6.